The Kier molecular flexibility index (Phi) is 6.46. The Hall–Kier alpha value is -3.00. The molecule has 8 nitrogen and oxygen atoms in total. The van der Waals surface area contributed by atoms with Gasteiger partial charge in [-0.25, -0.2) is 4.79 Å². The van der Waals surface area contributed by atoms with Crippen LogP contribution < -0.4 is 0 Å². The van der Waals surface area contributed by atoms with Crippen molar-refractivity contribution in [2.75, 3.05) is 20.3 Å². The van der Waals surface area contributed by atoms with E-state index in [1.807, 2.05) is 18.4 Å². The zero-order chi connectivity index (χ0) is 20.1. The molecule has 0 aliphatic carbocycles. The topological polar surface area (TPSA) is 101 Å². The number of aromatic nitrogens is 1. The number of Topliss-reactive ketones (excluding diaryl/α,β-unsaturated/α-hetero) is 1. The lowest BCUT2D eigenvalue weighted by molar-refractivity contribution is -0.385. The zero-order valence-electron chi connectivity index (χ0n) is 15.8. The second kappa shape index (κ2) is 8.59. The largest absolute Gasteiger partial charge is 0.454 e. The second-order valence-electron chi connectivity index (χ2n) is 6.19. The van der Waals surface area contributed by atoms with Crippen LogP contribution in [0.1, 0.15) is 37.7 Å². The van der Waals surface area contributed by atoms with Crippen molar-refractivity contribution in [1.82, 2.24) is 4.57 Å². The van der Waals surface area contributed by atoms with Crippen molar-refractivity contribution in [3.05, 3.63) is 62.5 Å². The Morgan fingerprint density at radius 1 is 1.19 bits per heavy atom. The molecule has 0 atom stereocenters. The minimum atomic E-state index is -0.778. The number of carbonyl (C=O) groups excluding carboxylic acids is 2. The molecular formula is C19H22N2O6. The third-order valence-electron chi connectivity index (χ3n) is 4.37. The maximum absolute atomic E-state index is 12.4. The fourth-order valence-electron chi connectivity index (χ4n) is 2.84. The molecule has 144 valence electrons. The summed E-state index contributed by atoms with van der Waals surface area (Å²) in [7, 11) is 1.61. The predicted molar refractivity (Wildman–Crippen MR) is 98.2 cm³/mol. The smallest absolute Gasteiger partial charge is 0.338 e. The van der Waals surface area contributed by atoms with Gasteiger partial charge in [-0.3, -0.25) is 14.9 Å². The van der Waals surface area contributed by atoms with Crippen LogP contribution in [0.5, 0.6) is 0 Å². The number of esters is 1. The monoisotopic (exact) mass is 374 g/mol. The number of ketones is 1. The molecule has 27 heavy (non-hydrogen) atoms. The van der Waals surface area contributed by atoms with Gasteiger partial charge < -0.3 is 14.0 Å². The van der Waals surface area contributed by atoms with E-state index < -0.39 is 17.5 Å². The molecule has 1 aromatic carbocycles. The Balaban J connectivity index is 2.09. The molecule has 0 aliphatic rings. The molecule has 1 heterocycles. The molecule has 0 amide bonds. The molecule has 0 spiro atoms. The highest BCUT2D eigenvalue weighted by Crippen LogP contribution is 2.20. The van der Waals surface area contributed by atoms with Crippen LogP contribution in [0.4, 0.5) is 5.69 Å². The van der Waals surface area contributed by atoms with Gasteiger partial charge in [-0.15, -0.1) is 0 Å². The fraction of sp³-hybridized carbons (Fsp3) is 0.368. The lowest BCUT2D eigenvalue weighted by atomic mass is 10.1. The van der Waals surface area contributed by atoms with Crippen molar-refractivity contribution < 1.29 is 24.0 Å². The summed E-state index contributed by atoms with van der Waals surface area (Å²) < 4.78 is 12.1. The van der Waals surface area contributed by atoms with Crippen molar-refractivity contribution in [1.29, 1.82) is 0 Å². The molecule has 8 heteroatoms. The van der Waals surface area contributed by atoms with Crippen LogP contribution in [-0.2, 0) is 16.0 Å². The SMILES string of the molecule is COCCn1c(C)cc(C(=O)COC(=O)c2ccc(C)c([N+](=O)[O-])c2)c1C. The molecular weight excluding hydrogens is 352 g/mol. The number of carbonyl (C=O) groups is 2. The highest BCUT2D eigenvalue weighted by Gasteiger charge is 2.19. The number of ether oxygens (including phenoxy) is 2. The summed E-state index contributed by atoms with van der Waals surface area (Å²) in [5.74, 6) is -1.11. The first-order chi connectivity index (χ1) is 12.8. The van der Waals surface area contributed by atoms with Gasteiger partial charge in [-0.05, 0) is 32.9 Å². The standard InChI is InChI=1S/C19H22N2O6/c1-12-5-6-15(10-17(12)21(24)25)19(23)27-11-18(22)16-9-13(2)20(14(16)3)7-8-26-4/h5-6,9-10H,7-8,11H2,1-4H3. The van der Waals surface area contributed by atoms with E-state index in [1.165, 1.54) is 12.1 Å². The lowest BCUT2D eigenvalue weighted by Crippen LogP contribution is -2.15. The average Bonchev–Trinajstić information content (AvgIpc) is 2.91. The van der Waals surface area contributed by atoms with Gasteiger partial charge in [0.05, 0.1) is 17.1 Å². The number of hydrogen-bond donors (Lipinski definition) is 0. The normalized spacial score (nSPS) is 10.7. The summed E-state index contributed by atoms with van der Waals surface area (Å²) in [5.41, 5.74) is 2.47. The Bertz CT molecular complexity index is 885. The maximum atomic E-state index is 12.4. The fourth-order valence-corrected chi connectivity index (χ4v) is 2.84. The maximum Gasteiger partial charge on any atom is 0.338 e. The molecule has 0 radical (unpaired) electrons. The van der Waals surface area contributed by atoms with Crippen molar-refractivity contribution in [3.8, 4) is 0 Å². The number of aryl methyl sites for hydroxylation is 2. The average molecular weight is 374 g/mol. The van der Waals surface area contributed by atoms with Crippen LogP contribution in [0.3, 0.4) is 0 Å². The number of rotatable bonds is 8. The van der Waals surface area contributed by atoms with Crippen LogP contribution in [0, 0.1) is 30.9 Å². The summed E-state index contributed by atoms with van der Waals surface area (Å²) >= 11 is 0. The van der Waals surface area contributed by atoms with Crippen molar-refractivity contribution >= 4 is 17.4 Å². The van der Waals surface area contributed by atoms with Gasteiger partial charge in [0, 0.05) is 42.2 Å². The van der Waals surface area contributed by atoms with Gasteiger partial charge in [0.25, 0.3) is 5.69 Å². The van der Waals surface area contributed by atoms with Crippen LogP contribution in [0.25, 0.3) is 0 Å². The molecule has 0 bridgehead atoms. The summed E-state index contributed by atoms with van der Waals surface area (Å²) in [6.45, 7) is 5.99. The number of nitro benzene ring substituents is 1. The third kappa shape index (κ3) is 4.59. The summed E-state index contributed by atoms with van der Waals surface area (Å²) in [4.78, 5) is 35.0. The summed E-state index contributed by atoms with van der Waals surface area (Å²) in [6.07, 6.45) is 0. The highest BCUT2D eigenvalue weighted by atomic mass is 16.6. The van der Waals surface area contributed by atoms with Gasteiger partial charge >= 0.3 is 5.97 Å². The Labute approximate surface area is 156 Å². The van der Waals surface area contributed by atoms with Crippen LogP contribution >= 0.6 is 0 Å². The van der Waals surface area contributed by atoms with Gasteiger partial charge in [-0.1, -0.05) is 6.07 Å². The van der Waals surface area contributed by atoms with Crippen LogP contribution in [0.15, 0.2) is 24.3 Å². The predicted octanol–water partition coefficient (Wildman–Crippen LogP) is 3.01. The van der Waals surface area contributed by atoms with Gasteiger partial charge in [0.1, 0.15) is 0 Å². The van der Waals surface area contributed by atoms with E-state index in [0.29, 0.717) is 24.3 Å². The molecule has 0 saturated heterocycles. The van der Waals surface area contributed by atoms with E-state index in [4.69, 9.17) is 9.47 Å². The molecule has 2 aromatic rings. The minimum Gasteiger partial charge on any atom is -0.454 e. The molecule has 0 unspecified atom stereocenters. The van der Waals surface area contributed by atoms with E-state index in [9.17, 15) is 19.7 Å². The number of benzene rings is 1. The number of nitro groups is 1. The Morgan fingerprint density at radius 2 is 1.89 bits per heavy atom. The molecule has 2 rings (SSSR count). The van der Waals surface area contributed by atoms with Crippen LogP contribution in [0.2, 0.25) is 0 Å². The molecule has 0 saturated carbocycles. The van der Waals surface area contributed by atoms with Crippen molar-refractivity contribution in [2.45, 2.75) is 27.3 Å². The van der Waals surface area contributed by atoms with E-state index in [-0.39, 0.29) is 17.0 Å². The second-order valence-corrected chi connectivity index (χ2v) is 6.19. The van der Waals surface area contributed by atoms with Gasteiger partial charge in [-0.2, -0.15) is 0 Å². The first-order valence-corrected chi connectivity index (χ1v) is 8.37. The number of hydrogen-bond acceptors (Lipinski definition) is 6. The molecule has 0 N–H and O–H groups in total. The van der Waals surface area contributed by atoms with E-state index >= 15 is 0 Å². The lowest BCUT2D eigenvalue weighted by Gasteiger charge is -2.09. The third-order valence-corrected chi connectivity index (χ3v) is 4.37. The minimum absolute atomic E-state index is 0.0330. The highest BCUT2D eigenvalue weighted by molar-refractivity contribution is 6.00. The van der Waals surface area contributed by atoms with Crippen molar-refractivity contribution in [3.63, 3.8) is 0 Å². The van der Waals surface area contributed by atoms with E-state index in [0.717, 1.165) is 17.5 Å². The van der Waals surface area contributed by atoms with E-state index in [2.05, 4.69) is 0 Å². The van der Waals surface area contributed by atoms with E-state index in [1.54, 1.807) is 20.1 Å². The summed E-state index contributed by atoms with van der Waals surface area (Å²) in [5, 5.41) is 11.0. The van der Waals surface area contributed by atoms with Gasteiger partial charge in [0.2, 0.25) is 5.78 Å². The first-order valence-electron chi connectivity index (χ1n) is 8.37. The zero-order valence-corrected chi connectivity index (χ0v) is 15.8. The first kappa shape index (κ1) is 20.3. The quantitative estimate of drug-likeness (QED) is 0.305. The summed E-state index contributed by atoms with van der Waals surface area (Å²) in [6, 6.07) is 5.81. The van der Waals surface area contributed by atoms with Crippen LogP contribution in [-0.4, -0.2) is 41.6 Å². The van der Waals surface area contributed by atoms with Crippen molar-refractivity contribution in [2.24, 2.45) is 0 Å². The Morgan fingerprint density at radius 3 is 2.52 bits per heavy atom. The molecule has 1 aromatic heterocycles. The molecule has 0 fully saturated rings. The van der Waals surface area contributed by atoms with Gasteiger partial charge in [0.15, 0.2) is 6.61 Å². The molecule has 0 aliphatic heterocycles. The number of nitrogens with zero attached hydrogens (tertiary/aromatic N) is 2. The number of methoxy groups -OCH3 is 1.